The highest BCUT2D eigenvalue weighted by atomic mass is 32.1. The smallest absolute Gasteiger partial charge is 0.301 e. The van der Waals surface area contributed by atoms with Gasteiger partial charge in [0.1, 0.15) is 24.2 Å². The molecule has 1 saturated heterocycles. The van der Waals surface area contributed by atoms with Gasteiger partial charge in [-0.25, -0.2) is 4.98 Å². The second-order valence-corrected chi connectivity index (χ2v) is 10.2. The maximum Gasteiger partial charge on any atom is 0.301 e. The number of hydrogen-bond acceptors (Lipinski definition) is 7. The van der Waals surface area contributed by atoms with Crippen molar-refractivity contribution >= 4 is 44.1 Å². The molecule has 1 aliphatic rings. The first-order chi connectivity index (χ1) is 19.0. The van der Waals surface area contributed by atoms with Gasteiger partial charge < -0.3 is 9.84 Å². The van der Waals surface area contributed by atoms with Crippen molar-refractivity contribution in [3.8, 4) is 5.75 Å². The van der Waals surface area contributed by atoms with E-state index in [-0.39, 0.29) is 11.3 Å². The second-order valence-electron chi connectivity index (χ2n) is 9.14. The largest absolute Gasteiger partial charge is 0.507 e. The van der Waals surface area contributed by atoms with E-state index in [2.05, 4.69) is 9.97 Å². The van der Waals surface area contributed by atoms with Gasteiger partial charge in [-0.2, -0.15) is 0 Å². The number of pyridine rings is 1. The zero-order chi connectivity index (χ0) is 26.9. The molecule has 0 aliphatic carbocycles. The van der Waals surface area contributed by atoms with Crippen molar-refractivity contribution in [3.63, 3.8) is 0 Å². The lowest BCUT2D eigenvalue weighted by Crippen LogP contribution is -2.29. The Morgan fingerprint density at radius 1 is 0.974 bits per heavy atom. The van der Waals surface area contributed by atoms with Gasteiger partial charge in [-0.3, -0.25) is 19.5 Å². The van der Waals surface area contributed by atoms with Crippen molar-refractivity contribution in [2.75, 3.05) is 4.90 Å². The number of carbonyl (C=O) groups excluding carboxylic acids is 2. The average Bonchev–Trinajstić information content (AvgIpc) is 3.51. The predicted octanol–water partition coefficient (Wildman–Crippen LogP) is 6.21. The minimum Gasteiger partial charge on any atom is -0.507 e. The van der Waals surface area contributed by atoms with Gasteiger partial charge in [-0.05, 0) is 60.5 Å². The molecule has 0 bridgehead atoms. The van der Waals surface area contributed by atoms with Gasteiger partial charge in [0, 0.05) is 11.8 Å². The number of aryl methyl sites for hydroxylation is 1. The summed E-state index contributed by atoms with van der Waals surface area (Å²) >= 11 is 1.31. The van der Waals surface area contributed by atoms with Crippen molar-refractivity contribution in [2.24, 2.45) is 0 Å². The summed E-state index contributed by atoms with van der Waals surface area (Å²) in [6.07, 6.45) is 1.59. The molecule has 8 heteroatoms. The molecule has 1 aliphatic heterocycles. The number of anilines is 1. The van der Waals surface area contributed by atoms with Crippen LogP contribution >= 0.6 is 11.3 Å². The molecule has 2 aromatic heterocycles. The predicted molar refractivity (Wildman–Crippen MR) is 151 cm³/mol. The van der Waals surface area contributed by atoms with Gasteiger partial charge >= 0.3 is 5.91 Å². The van der Waals surface area contributed by atoms with E-state index in [1.165, 1.54) is 16.2 Å². The van der Waals surface area contributed by atoms with Gasteiger partial charge in [-0.15, -0.1) is 0 Å². The highest BCUT2D eigenvalue weighted by molar-refractivity contribution is 7.22. The number of ether oxygens (including phenoxy) is 1. The van der Waals surface area contributed by atoms with Crippen molar-refractivity contribution < 1.29 is 19.4 Å². The summed E-state index contributed by atoms with van der Waals surface area (Å²) in [5.74, 6) is -1.16. The minimum atomic E-state index is -0.930. The number of amides is 1. The van der Waals surface area contributed by atoms with Crippen LogP contribution in [0.15, 0.2) is 103 Å². The maximum atomic E-state index is 13.4. The Labute approximate surface area is 228 Å². The standard InChI is InChI=1S/C31H23N3O4S/c1-19-17-21(14-15-24(19)38-18-20-9-3-2-4-10-20)28(35)26-27(23-12-7-8-16-32-23)34(30(37)29(26)36)31-33-22-11-5-6-13-25(22)39-31/h2-17,27,35H,18H2,1H3/b28-26+. The van der Waals surface area contributed by atoms with Crippen LogP contribution in [0.3, 0.4) is 0 Å². The number of fused-ring (bicyclic) bond motifs is 1. The third-order valence-corrected chi connectivity index (χ3v) is 7.62. The molecule has 0 radical (unpaired) electrons. The molecule has 6 rings (SSSR count). The van der Waals surface area contributed by atoms with E-state index >= 15 is 0 Å². The number of aliphatic hydroxyl groups excluding tert-OH is 1. The minimum absolute atomic E-state index is 0.0321. The van der Waals surface area contributed by atoms with E-state index in [0.717, 1.165) is 21.3 Å². The number of rotatable bonds is 6. The number of aliphatic hydroxyl groups is 1. The van der Waals surface area contributed by atoms with Crippen molar-refractivity contribution in [3.05, 3.63) is 125 Å². The van der Waals surface area contributed by atoms with Crippen LogP contribution in [0.25, 0.3) is 16.0 Å². The van der Waals surface area contributed by atoms with Gasteiger partial charge in [0.25, 0.3) is 5.78 Å². The SMILES string of the molecule is Cc1cc(/C(O)=C2\C(=O)C(=O)N(c3nc4ccccc4s3)C2c2ccccn2)ccc1OCc1ccccc1. The molecule has 3 heterocycles. The van der Waals surface area contributed by atoms with E-state index in [9.17, 15) is 14.7 Å². The zero-order valence-electron chi connectivity index (χ0n) is 20.9. The summed E-state index contributed by atoms with van der Waals surface area (Å²) in [7, 11) is 0. The fourth-order valence-corrected chi connectivity index (χ4v) is 5.65. The first-order valence-electron chi connectivity index (χ1n) is 12.4. The zero-order valence-corrected chi connectivity index (χ0v) is 21.8. The summed E-state index contributed by atoms with van der Waals surface area (Å²) in [6, 6.07) is 26.9. The Morgan fingerprint density at radius 3 is 2.49 bits per heavy atom. The molecule has 7 nitrogen and oxygen atoms in total. The summed E-state index contributed by atoms with van der Waals surface area (Å²) in [6.45, 7) is 2.27. The van der Waals surface area contributed by atoms with E-state index in [1.807, 2.05) is 61.5 Å². The van der Waals surface area contributed by atoms with Crippen LogP contribution in [-0.2, 0) is 16.2 Å². The number of Topliss-reactive ketones (excluding diaryl/α,β-unsaturated/α-hetero) is 1. The first kappa shape index (κ1) is 24.5. The number of benzene rings is 3. The molecule has 3 aromatic carbocycles. The lowest BCUT2D eigenvalue weighted by Gasteiger charge is -2.22. The van der Waals surface area contributed by atoms with Crippen molar-refractivity contribution in [1.82, 2.24) is 9.97 Å². The molecule has 192 valence electrons. The van der Waals surface area contributed by atoms with Crippen LogP contribution in [0.4, 0.5) is 5.13 Å². The molecule has 1 unspecified atom stereocenters. The van der Waals surface area contributed by atoms with E-state index in [4.69, 9.17) is 4.74 Å². The molecule has 0 spiro atoms. The number of ketones is 1. The fraction of sp³-hybridized carbons (Fsp3) is 0.0968. The van der Waals surface area contributed by atoms with Gasteiger partial charge in [0.15, 0.2) is 5.13 Å². The van der Waals surface area contributed by atoms with Crippen LogP contribution in [0.2, 0.25) is 0 Å². The number of thiazole rings is 1. The molecule has 1 fully saturated rings. The molecular formula is C31H23N3O4S. The Morgan fingerprint density at radius 2 is 1.74 bits per heavy atom. The third kappa shape index (κ3) is 4.55. The summed E-state index contributed by atoms with van der Waals surface area (Å²) in [5, 5.41) is 11.8. The lowest BCUT2D eigenvalue weighted by molar-refractivity contribution is -0.132. The van der Waals surface area contributed by atoms with Crippen molar-refractivity contribution in [2.45, 2.75) is 19.6 Å². The Kier molecular flexibility index (Phi) is 6.38. The topological polar surface area (TPSA) is 92.6 Å². The van der Waals surface area contributed by atoms with Crippen LogP contribution in [0.5, 0.6) is 5.75 Å². The number of para-hydroxylation sites is 1. The monoisotopic (exact) mass is 533 g/mol. The highest BCUT2D eigenvalue weighted by Gasteiger charge is 2.48. The number of hydrogen-bond donors (Lipinski definition) is 1. The van der Waals surface area contributed by atoms with E-state index < -0.39 is 17.7 Å². The number of aromatic nitrogens is 2. The number of carbonyl (C=O) groups is 2. The Bertz CT molecular complexity index is 1700. The quantitative estimate of drug-likeness (QED) is 0.159. The molecule has 1 N–H and O–H groups in total. The van der Waals surface area contributed by atoms with Gasteiger partial charge in [0.05, 0.1) is 21.5 Å². The summed E-state index contributed by atoms with van der Waals surface area (Å²) in [5.41, 5.74) is 3.37. The maximum absolute atomic E-state index is 13.4. The highest BCUT2D eigenvalue weighted by Crippen LogP contribution is 2.43. The van der Waals surface area contributed by atoms with Crippen molar-refractivity contribution in [1.29, 1.82) is 0 Å². The van der Waals surface area contributed by atoms with Gasteiger partial charge in [-0.1, -0.05) is 59.9 Å². The molecular weight excluding hydrogens is 510 g/mol. The lowest BCUT2D eigenvalue weighted by atomic mass is 9.97. The van der Waals surface area contributed by atoms with Crippen LogP contribution in [0.1, 0.15) is 28.4 Å². The summed E-state index contributed by atoms with van der Waals surface area (Å²) in [4.78, 5) is 37.2. The first-order valence-corrected chi connectivity index (χ1v) is 13.2. The van der Waals surface area contributed by atoms with Crippen LogP contribution < -0.4 is 9.64 Å². The Hall–Kier alpha value is -4.82. The van der Waals surface area contributed by atoms with Crippen LogP contribution in [0, 0.1) is 6.92 Å². The molecule has 1 amide bonds. The van der Waals surface area contributed by atoms with Crippen LogP contribution in [-0.4, -0.2) is 26.8 Å². The van der Waals surface area contributed by atoms with E-state index in [1.54, 1.807) is 42.6 Å². The Balaban J connectivity index is 1.41. The third-order valence-electron chi connectivity index (χ3n) is 6.59. The van der Waals surface area contributed by atoms with E-state index in [0.29, 0.717) is 28.7 Å². The average molecular weight is 534 g/mol. The molecule has 5 aromatic rings. The normalized spacial score (nSPS) is 16.6. The molecule has 39 heavy (non-hydrogen) atoms. The fourth-order valence-electron chi connectivity index (χ4n) is 4.66. The second kappa shape index (κ2) is 10.2. The van der Waals surface area contributed by atoms with Gasteiger partial charge in [0.2, 0.25) is 0 Å². The summed E-state index contributed by atoms with van der Waals surface area (Å²) < 4.78 is 6.86. The number of nitrogens with zero attached hydrogens (tertiary/aromatic N) is 3. The molecule has 1 atom stereocenters. The molecule has 0 saturated carbocycles.